The SMILES string of the molecule is Cc1c(C=N)cccc1[N+](=O)[O-]. The van der Waals surface area contributed by atoms with E-state index in [1.807, 2.05) is 0 Å². The van der Waals surface area contributed by atoms with Gasteiger partial charge in [-0.3, -0.25) is 10.1 Å². The highest BCUT2D eigenvalue weighted by molar-refractivity contribution is 5.80. The summed E-state index contributed by atoms with van der Waals surface area (Å²) in [6.45, 7) is 1.64. The van der Waals surface area contributed by atoms with Gasteiger partial charge in [-0.2, -0.15) is 0 Å². The number of nitro groups is 1. The lowest BCUT2D eigenvalue weighted by molar-refractivity contribution is -0.385. The zero-order valence-corrected chi connectivity index (χ0v) is 6.57. The molecular formula is C8H8N2O2. The van der Waals surface area contributed by atoms with Gasteiger partial charge in [-0.25, -0.2) is 0 Å². The molecule has 4 heteroatoms. The molecule has 1 N–H and O–H groups in total. The zero-order valence-electron chi connectivity index (χ0n) is 6.57. The van der Waals surface area contributed by atoms with E-state index in [1.54, 1.807) is 19.1 Å². The summed E-state index contributed by atoms with van der Waals surface area (Å²) in [6.07, 6.45) is 1.11. The normalized spacial score (nSPS) is 9.42. The van der Waals surface area contributed by atoms with Crippen LogP contribution in [-0.2, 0) is 0 Å². The van der Waals surface area contributed by atoms with Crippen LogP contribution in [0.1, 0.15) is 11.1 Å². The van der Waals surface area contributed by atoms with E-state index in [-0.39, 0.29) is 5.69 Å². The Kier molecular flexibility index (Phi) is 2.19. The molecule has 0 spiro atoms. The number of nitrogens with zero attached hydrogens (tertiary/aromatic N) is 1. The molecule has 0 radical (unpaired) electrons. The van der Waals surface area contributed by atoms with Crippen molar-refractivity contribution in [2.45, 2.75) is 6.92 Å². The molecule has 4 nitrogen and oxygen atoms in total. The summed E-state index contributed by atoms with van der Waals surface area (Å²) in [5, 5.41) is 17.4. The van der Waals surface area contributed by atoms with E-state index in [2.05, 4.69) is 0 Å². The van der Waals surface area contributed by atoms with E-state index in [4.69, 9.17) is 5.41 Å². The Bertz CT molecular complexity index is 334. The van der Waals surface area contributed by atoms with E-state index in [0.29, 0.717) is 11.1 Å². The highest BCUT2D eigenvalue weighted by Crippen LogP contribution is 2.19. The number of rotatable bonds is 2. The molecule has 12 heavy (non-hydrogen) atoms. The zero-order chi connectivity index (χ0) is 9.14. The van der Waals surface area contributed by atoms with Crippen LogP contribution in [0.5, 0.6) is 0 Å². The summed E-state index contributed by atoms with van der Waals surface area (Å²) >= 11 is 0. The summed E-state index contributed by atoms with van der Waals surface area (Å²) in [6, 6.07) is 4.68. The monoisotopic (exact) mass is 164 g/mol. The molecular weight excluding hydrogens is 156 g/mol. The van der Waals surface area contributed by atoms with Crippen LogP contribution in [-0.4, -0.2) is 11.1 Å². The Hall–Kier alpha value is -1.71. The van der Waals surface area contributed by atoms with Crippen molar-refractivity contribution < 1.29 is 4.92 Å². The molecule has 1 aromatic carbocycles. The highest BCUT2D eigenvalue weighted by atomic mass is 16.6. The first kappa shape index (κ1) is 8.39. The second-order valence-corrected chi connectivity index (χ2v) is 2.39. The van der Waals surface area contributed by atoms with Crippen LogP contribution in [0.3, 0.4) is 0 Å². The summed E-state index contributed by atoms with van der Waals surface area (Å²) in [5.74, 6) is 0. The Morgan fingerprint density at radius 3 is 2.75 bits per heavy atom. The fourth-order valence-corrected chi connectivity index (χ4v) is 0.995. The van der Waals surface area contributed by atoms with Gasteiger partial charge in [0.2, 0.25) is 0 Å². The first-order valence-electron chi connectivity index (χ1n) is 3.41. The molecule has 62 valence electrons. The Morgan fingerprint density at radius 2 is 2.25 bits per heavy atom. The summed E-state index contributed by atoms with van der Waals surface area (Å²) in [5.41, 5.74) is 1.19. The van der Waals surface area contributed by atoms with Crippen molar-refractivity contribution in [1.82, 2.24) is 0 Å². The van der Waals surface area contributed by atoms with Gasteiger partial charge in [-0.1, -0.05) is 12.1 Å². The minimum absolute atomic E-state index is 0.0657. The van der Waals surface area contributed by atoms with Crippen LogP contribution >= 0.6 is 0 Å². The maximum absolute atomic E-state index is 10.4. The van der Waals surface area contributed by atoms with Crippen LogP contribution in [0.15, 0.2) is 18.2 Å². The number of nitrogens with one attached hydrogen (secondary N) is 1. The van der Waals surface area contributed by atoms with Gasteiger partial charge in [0.25, 0.3) is 5.69 Å². The largest absolute Gasteiger partial charge is 0.308 e. The third kappa shape index (κ3) is 1.32. The standard InChI is InChI=1S/C8H8N2O2/c1-6-7(5-9)3-2-4-8(6)10(11)12/h2-5,9H,1H3. The van der Waals surface area contributed by atoms with Crippen molar-refractivity contribution in [2.75, 3.05) is 0 Å². The molecule has 0 amide bonds. The summed E-state index contributed by atoms with van der Waals surface area (Å²) in [4.78, 5) is 9.98. The van der Waals surface area contributed by atoms with Crippen LogP contribution in [0.2, 0.25) is 0 Å². The number of nitro benzene ring substituents is 1. The Balaban J connectivity index is 3.32. The van der Waals surface area contributed by atoms with E-state index in [9.17, 15) is 10.1 Å². The average molecular weight is 164 g/mol. The van der Waals surface area contributed by atoms with E-state index >= 15 is 0 Å². The first-order chi connectivity index (χ1) is 5.66. The maximum Gasteiger partial charge on any atom is 0.272 e. The minimum atomic E-state index is -0.442. The molecule has 0 saturated carbocycles. The van der Waals surface area contributed by atoms with Gasteiger partial charge in [-0.15, -0.1) is 0 Å². The molecule has 0 aliphatic heterocycles. The smallest absolute Gasteiger partial charge is 0.272 e. The van der Waals surface area contributed by atoms with Crippen molar-refractivity contribution in [2.24, 2.45) is 0 Å². The number of hydrogen-bond acceptors (Lipinski definition) is 3. The van der Waals surface area contributed by atoms with E-state index in [1.165, 1.54) is 6.07 Å². The van der Waals surface area contributed by atoms with Crippen LogP contribution in [0.4, 0.5) is 5.69 Å². The quantitative estimate of drug-likeness (QED) is 0.412. The van der Waals surface area contributed by atoms with Gasteiger partial charge in [0.05, 0.1) is 4.92 Å². The predicted octanol–water partition coefficient (Wildman–Crippen LogP) is 1.90. The topological polar surface area (TPSA) is 67.0 Å². The number of benzene rings is 1. The molecule has 0 fully saturated rings. The minimum Gasteiger partial charge on any atom is -0.308 e. The molecule has 0 bridgehead atoms. The number of hydrogen-bond donors (Lipinski definition) is 1. The van der Waals surface area contributed by atoms with E-state index < -0.39 is 4.92 Å². The molecule has 0 aliphatic rings. The lowest BCUT2D eigenvalue weighted by Gasteiger charge is -1.98. The van der Waals surface area contributed by atoms with Crippen molar-refractivity contribution in [3.05, 3.63) is 39.4 Å². The third-order valence-corrected chi connectivity index (χ3v) is 1.70. The van der Waals surface area contributed by atoms with Crippen LogP contribution in [0.25, 0.3) is 0 Å². The van der Waals surface area contributed by atoms with Crippen molar-refractivity contribution in [3.8, 4) is 0 Å². The maximum atomic E-state index is 10.4. The van der Waals surface area contributed by atoms with Gasteiger partial charge in [0.15, 0.2) is 0 Å². The summed E-state index contributed by atoms with van der Waals surface area (Å²) in [7, 11) is 0. The molecule has 1 aromatic rings. The van der Waals surface area contributed by atoms with Gasteiger partial charge < -0.3 is 5.41 Å². The van der Waals surface area contributed by atoms with E-state index in [0.717, 1.165) is 6.21 Å². The fourth-order valence-electron chi connectivity index (χ4n) is 0.995. The Morgan fingerprint density at radius 1 is 1.58 bits per heavy atom. The second kappa shape index (κ2) is 3.13. The van der Waals surface area contributed by atoms with Crippen LogP contribution in [0, 0.1) is 22.4 Å². The third-order valence-electron chi connectivity index (χ3n) is 1.70. The molecule has 0 unspecified atom stereocenters. The highest BCUT2D eigenvalue weighted by Gasteiger charge is 2.10. The molecule has 0 atom stereocenters. The van der Waals surface area contributed by atoms with Crippen molar-refractivity contribution in [1.29, 1.82) is 5.41 Å². The molecule has 0 saturated heterocycles. The van der Waals surface area contributed by atoms with Crippen molar-refractivity contribution >= 4 is 11.9 Å². The lowest BCUT2D eigenvalue weighted by atomic mass is 10.1. The van der Waals surface area contributed by atoms with Gasteiger partial charge in [-0.05, 0) is 6.92 Å². The Labute approximate surface area is 69.5 Å². The molecule has 0 heterocycles. The van der Waals surface area contributed by atoms with Crippen molar-refractivity contribution in [3.63, 3.8) is 0 Å². The van der Waals surface area contributed by atoms with Gasteiger partial charge >= 0.3 is 0 Å². The summed E-state index contributed by atoms with van der Waals surface area (Å²) < 4.78 is 0. The molecule has 1 rings (SSSR count). The second-order valence-electron chi connectivity index (χ2n) is 2.39. The molecule has 0 aliphatic carbocycles. The average Bonchev–Trinajstić information content (AvgIpc) is 2.04. The van der Waals surface area contributed by atoms with Gasteiger partial charge in [0, 0.05) is 23.4 Å². The first-order valence-corrected chi connectivity index (χ1v) is 3.41. The predicted molar refractivity (Wildman–Crippen MR) is 45.7 cm³/mol. The fraction of sp³-hybridized carbons (Fsp3) is 0.125. The molecule has 0 aromatic heterocycles. The van der Waals surface area contributed by atoms with Crippen LogP contribution < -0.4 is 0 Å². The lowest BCUT2D eigenvalue weighted by Crippen LogP contribution is -1.94. The van der Waals surface area contributed by atoms with Gasteiger partial charge in [0.1, 0.15) is 0 Å².